The highest BCUT2D eigenvalue weighted by Crippen LogP contribution is 2.41. The van der Waals surface area contributed by atoms with E-state index in [0.717, 1.165) is 32.4 Å². The van der Waals surface area contributed by atoms with Crippen molar-refractivity contribution in [2.45, 2.75) is 39.3 Å². The van der Waals surface area contributed by atoms with E-state index in [1.165, 1.54) is 5.57 Å². The Kier molecular flexibility index (Phi) is 3.12. The van der Waals surface area contributed by atoms with Crippen LogP contribution in [0.3, 0.4) is 0 Å². The average Bonchev–Trinajstić information content (AvgIpc) is 3.13. The second kappa shape index (κ2) is 4.58. The van der Waals surface area contributed by atoms with E-state index in [2.05, 4.69) is 18.8 Å². The third-order valence-corrected chi connectivity index (χ3v) is 4.72. The Morgan fingerprint density at radius 1 is 1.40 bits per heavy atom. The Morgan fingerprint density at radius 3 is 2.75 bits per heavy atom. The summed E-state index contributed by atoms with van der Waals surface area (Å²) in [6.07, 6.45) is 4.60. The van der Waals surface area contributed by atoms with Crippen LogP contribution in [0.1, 0.15) is 33.1 Å². The molecule has 0 aromatic rings. The highest BCUT2D eigenvalue weighted by Gasteiger charge is 2.41. The molecule has 1 aliphatic carbocycles. The van der Waals surface area contributed by atoms with Crippen molar-refractivity contribution in [2.75, 3.05) is 13.1 Å². The van der Waals surface area contributed by atoms with E-state index in [-0.39, 0.29) is 5.41 Å². The number of hydrogen-bond donors (Lipinski definition) is 2. The van der Waals surface area contributed by atoms with Gasteiger partial charge in [0.2, 0.25) is 5.91 Å². The zero-order valence-electron chi connectivity index (χ0n) is 12.3. The predicted octanol–water partition coefficient (Wildman–Crippen LogP) is 0.853. The van der Waals surface area contributed by atoms with Crippen molar-refractivity contribution in [3.63, 3.8) is 0 Å². The minimum atomic E-state index is -0.425. The Morgan fingerprint density at radius 2 is 2.10 bits per heavy atom. The molecule has 5 heteroatoms. The number of carbonyl (C=O) groups excluding carboxylic acids is 1. The standard InChI is InChI=1S/C15H24N4O/c1-15(2)8-18-13(17)12(16)11(15)10-5-6-19(7-10)14(20)9-3-4-9/h8-10,13H,3-7,16-17H2,1-2H3. The number of carbonyl (C=O) groups is 1. The van der Waals surface area contributed by atoms with Crippen LogP contribution in [0.4, 0.5) is 0 Å². The molecule has 2 unspecified atom stereocenters. The van der Waals surface area contributed by atoms with Gasteiger partial charge in [0.25, 0.3) is 0 Å². The van der Waals surface area contributed by atoms with Crippen LogP contribution in [0.5, 0.6) is 0 Å². The Bertz CT molecular complexity index is 490. The number of likely N-dealkylation sites (tertiary alicyclic amines) is 1. The lowest BCUT2D eigenvalue weighted by atomic mass is 9.74. The van der Waals surface area contributed by atoms with Crippen molar-refractivity contribution in [1.29, 1.82) is 0 Å². The summed E-state index contributed by atoms with van der Waals surface area (Å²) in [6, 6.07) is 0. The van der Waals surface area contributed by atoms with Crippen molar-refractivity contribution < 1.29 is 4.79 Å². The number of amides is 1. The van der Waals surface area contributed by atoms with Crippen molar-refractivity contribution in [1.82, 2.24) is 4.90 Å². The maximum atomic E-state index is 12.2. The van der Waals surface area contributed by atoms with Gasteiger partial charge in [-0.1, -0.05) is 13.8 Å². The normalized spacial score (nSPS) is 32.9. The Hall–Kier alpha value is -1.36. The summed E-state index contributed by atoms with van der Waals surface area (Å²) in [7, 11) is 0. The molecule has 0 radical (unpaired) electrons. The number of nitrogens with two attached hydrogens (primary N) is 2. The molecule has 2 fully saturated rings. The molecule has 5 nitrogen and oxygen atoms in total. The summed E-state index contributed by atoms with van der Waals surface area (Å²) in [5.41, 5.74) is 13.9. The van der Waals surface area contributed by atoms with Crippen molar-refractivity contribution in [3.8, 4) is 0 Å². The van der Waals surface area contributed by atoms with Gasteiger partial charge in [-0.3, -0.25) is 9.79 Å². The van der Waals surface area contributed by atoms with Gasteiger partial charge in [0, 0.05) is 42.3 Å². The van der Waals surface area contributed by atoms with Gasteiger partial charge in [-0.2, -0.15) is 0 Å². The summed E-state index contributed by atoms with van der Waals surface area (Å²) in [5.74, 6) is 0.951. The van der Waals surface area contributed by atoms with E-state index in [1.807, 2.05) is 11.1 Å². The van der Waals surface area contributed by atoms with Crippen molar-refractivity contribution in [3.05, 3.63) is 11.3 Å². The van der Waals surface area contributed by atoms with Crippen LogP contribution in [-0.4, -0.2) is 36.3 Å². The SMILES string of the molecule is CC1(C)C=NC(N)C(N)=C1C1CCN(C(=O)C2CC2)C1. The first-order chi connectivity index (χ1) is 9.40. The molecule has 3 aliphatic rings. The maximum absolute atomic E-state index is 12.2. The van der Waals surface area contributed by atoms with Gasteiger partial charge in [0.05, 0.1) is 0 Å². The average molecular weight is 276 g/mol. The lowest BCUT2D eigenvalue weighted by Gasteiger charge is -2.34. The van der Waals surface area contributed by atoms with E-state index in [0.29, 0.717) is 23.4 Å². The highest BCUT2D eigenvalue weighted by atomic mass is 16.2. The molecule has 1 amide bonds. The van der Waals surface area contributed by atoms with Crippen LogP contribution in [0.15, 0.2) is 16.3 Å². The first-order valence-corrected chi connectivity index (χ1v) is 7.49. The molecule has 4 N–H and O–H groups in total. The molecule has 20 heavy (non-hydrogen) atoms. The van der Waals surface area contributed by atoms with Crippen LogP contribution in [0.2, 0.25) is 0 Å². The van der Waals surface area contributed by atoms with Crippen molar-refractivity contribution >= 4 is 12.1 Å². The Balaban J connectivity index is 1.79. The first-order valence-electron chi connectivity index (χ1n) is 7.49. The molecule has 0 spiro atoms. The van der Waals surface area contributed by atoms with Gasteiger partial charge in [-0.05, 0) is 24.8 Å². The number of nitrogens with zero attached hydrogens (tertiary/aromatic N) is 2. The number of rotatable bonds is 2. The molecule has 0 aromatic heterocycles. The Labute approximate surface area is 120 Å². The van der Waals surface area contributed by atoms with Crippen molar-refractivity contribution in [2.24, 2.45) is 33.7 Å². The van der Waals surface area contributed by atoms with E-state index in [1.54, 1.807) is 0 Å². The fourth-order valence-corrected chi connectivity index (χ4v) is 3.49. The molecule has 0 aromatic carbocycles. The van der Waals surface area contributed by atoms with E-state index in [9.17, 15) is 4.79 Å². The fourth-order valence-electron chi connectivity index (χ4n) is 3.49. The maximum Gasteiger partial charge on any atom is 0.225 e. The third kappa shape index (κ3) is 2.24. The van der Waals surface area contributed by atoms with Gasteiger partial charge in [-0.15, -0.1) is 0 Å². The second-order valence-electron chi connectivity index (χ2n) is 6.86. The van der Waals surface area contributed by atoms with Crippen LogP contribution in [0, 0.1) is 17.3 Å². The molecular formula is C15H24N4O. The topological polar surface area (TPSA) is 84.7 Å². The number of dihydropyridines is 1. The van der Waals surface area contributed by atoms with Gasteiger partial charge >= 0.3 is 0 Å². The van der Waals surface area contributed by atoms with Crippen LogP contribution < -0.4 is 11.5 Å². The summed E-state index contributed by atoms with van der Waals surface area (Å²) >= 11 is 0. The number of hydrogen-bond acceptors (Lipinski definition) is 4. The van der Waals surface area contributed by atoms with Crippen LogP contribution >= 0.6 is 0 Å². The summed E-state index contributed by atoms with van der Waals surface area (Å²) < 4.78 is 0. The molecule has 2 atom stereocenters. The molecule has 3 rings (SSSR count). The van der Waals surface area contributed by atoms with Crippen LogP contribution in [-0.2, 0) is 4.79 Å². The zero-order valence-corrected chi connectivity index (χ0v) is 12.3. The van der Waals surface area contributed by atoms with Gasteiger partial charge in [-0.25, -0.2) is 0 Å². The summed E-state index contributed by atoms with van der Waals surface area (Å²) in [5, 5.41) is 0. The molecule has 1 saturated heterocycles. The van der Waals surface area contributed by atoms with Crippen LogP contribution in [0.25, 0.3) is 0 Å². The van der Waals surface area contributed by atoms with E-state index >= 15 is 0 Å². The van der Waals surface area contributed by atoms with Gasteiger partial charge < -0.3 is 16.4 Å². The van der Waals surface area contributed by atoms with E-state index < -0.39 is 6.17 Å². The lowest BCUT2D eigenvalue weighted by Crippen LogP contribution is -2.39. The zero-order chi connectivity index (χ0) is 14.5. The van der Waals surface area contributed by atoms with Gasteiger partial charge in [0.1, 0.15) is 6.17 Å². The minimum absolute atomic E-state index is 0.163. The molecule has 2 heterocycles. The molecule has 110 valence electrons. The second-order valence-corrected chi connectivity index (χ2v) is 6.86. The minimum Gasteiger partial charge on any atom is -0.399 e. The fraction of sp³-hybridized carbons (Fsp3) is 0.733. The number of aliphatic imine (C=N–C) groups is 1. The lowest BCUT2D eigenvalue weighted by molar-refractivity contribution is -0.131. The quantitative estimate of drug-likeness (QED) is 0.784. The molecule has 2 aliphatic heterocycles. The summed E-state index contributed by atoms with van der Waals surface area (Å²) in [6.45, 7) is 5.88. The smallest absolute Gasteiger partial charge is 0.225 e. The van der Waals surface area contributed by atoms with E-state index in [4.69, 9.17) is 11.5 Å². The first kappa shape index (κ1) is 13.6. The predicted molar refractivity (Wildman–Crippen MR) is 78.9 cm³/mol. The molecule has 1 saturated carbocycles. The third-order valence-electron chi connectivity index (χ3n) is 4.72. The molecular weight excluding hydrogens is 252 g/mol. The van der Waals surface area contributed by atoms with Gasteiger partial charge in [0.15, 0.2) is 0 Å². The highest BCUT2D eigenvalue weighted by molar-refractivity contribution is 5.81. The monoisotopic (exact) mass is 276 g/mol. The molecule has 0 bridgehead atoms. The summed E-state index contributed by atoms with van der Waals surface area (Å²) in [4.78, 5) is 18.4. The largest absolute Gasteiger partial charge is 0.399 e.